The highest BCUT2D eigenvalue weighted by atomic mass is 35.5. The fraction of sp³-hybridized carbons (Fsp3) is 0.440. The minimum absolute atomic E-state index is 0.000237. The van der Waals surface area contributed by atoms with Gasteiger partial charge in [-0.15, -0.1) is 0 Å². The van der Waals surface area contributed by atoms with Crippen LogP contribution in [0, 0.1) is 5.92 Å². The average molecular weight is 510 g/mol. The number of fused-ring (bicyclic) bond motifs is 1. The number of halogens is 4. The molecule has 1 aliphatic carbocycles. The number of hydrogen-bond donors (Lipinski definition) is 2. The zero-order valence-corrected chi connectivity index (χ0v) is 20.2. The Kier molecular flexibility index (Phi) is 7.44. The number of methoxy groups -OCH3 is 2. The number of aliphatic imine (C=N–C) groups is 1. The van der Waals surface area contributed by atoms with Crippen molar-refractivity contribution in [3.63, 3.8) is 0 Å². The quantitative estimate of drug-likeness (QED) is 0.560. The molecule has 0 spiro atoms. The molecule has 2 N–H and O–H groups in total. The summed E-state index contributed by atoms with van der Waals surface area (Å²) in [7, 11) is 3.20. The highest BCUT2D eigenvalue weighted by Crippen LogP contribution is 2.34. The lowest BCUT2D eigenvalue weighted by molar-refractivity contribution is -0.137. The van der Waals surface area contributed by atoms with Gasteiger partial charge in [-0.3, -0.25) is 9.79 Å². The largest absolute Gasteiger partial charge is 0.493 e. The second-order valence-corrected chi connectivity index (χ2v) is 9.20. The van der Waals surface area contributed by atoms with Crippen LogP contribution in [0.5, 0.6) is 11.5 Å². The van der Waals surface area contributed by atoms with Crippen LogP contribution in [0.4, 0.5) is 13.2 Å². The Balaban J connectivity index is 1.29. The molecule has 0 aromatic heterocycles. The van der Waals surface area contributed by atoms with E-state index in [0.717, 1.165) is 67.4 Å². The number of nitrogens with one attached hydrogen (secondary N) is 2. The van der Waals surface area contributed by atoms with E-state index in [2.05, 4.69) is 15.6 Å². The van der Waals surface area contributed by atoms with E-state index in [4.69, 9.17) is 21.1 Å². The fourth-order valence-corrected chi connectivity index (χ4v) is 4.77. The molecule has 6 nitrogen and oxygen atoms in total. The number of benzene rings is 2. The Labute approximate surface area is 206 Å². The topological polar surface area (TPSA) is 72.0 Å². The summed E-state index contributed by atoms with van der Waals surface area (Å²) in [4.78, 5) is 17.2. The predicted molar refractivity (Wildman–Crippen MR) is 127 cm³/mol. The Bertz CT molecular complexity index is 1130. The molecule has 0 unspecified atom stereocenters. The normalized spacial score (nSPS) is 19.5. The molecule has 1 aliphatic heterocycles. The maximum atomic E-state index is 13.0. The van der Waals surface area contributed by atoms with Crippen LogP contribution in [0.3, 0.4) is 0 Å². The number of amidine groups is 1. The molecule has 0 radical (unpaired) electrons. The lowest BCUT2D eigenvalue weighted by atomic mass is 9.85. The van der Waals surface area contributed by atoms with E-state index in [-0.39, 0.29) is 16.6 Å². The lowest BCUT2D eigenvalue weighted by Gasteiger charge is -2.29. The van der Waals surface area contributed by atoms with Crippen molar-refractivity contribution in [1.29, 1.82) is 0 Å². The standard InChI is InChI=1S/C25H27ClF3N3O3/c1-34-21-9-15-13-31-23(18(15)11-22(21)35-2)30-12-14-3-6-17(7-4-14)32-24(33)19-10-16(25(27,28)29)5-8-20(19)26/h5,8-11,14,17H,3-4,6-7,12-13H2,1-2H3,(H,30,31)(H,32,33). The van der Waals surface area contributed by atoms with Crippen LogP contribution in [-0.2, 0) is 12.7 Å². The average Bonchev–Trinajstić information content (AvgIpc) is 3.23. The van der Waals surface area contributed by atoms with Gasteiger partial charge in [-0.2, -0.15) is 13.2 Å². The molecule has 1 amide bonds. The predicted octanol–water partition coefficient (Wildman–Crippen LogP) is 5.21. The Hall–Kier alpha value is -2.94. The molecule has 35 heavy (non-hydrogen) atoms. The first-order chi connectivity index (χ1) is 16.7. The van der Waals surface area contributed by atoms with Crippen molar-refractivity contribution < 1.29 is 27.4 Å². The van der Waals surface area contributed by atoms with Gasteiger partial charge in [0.25, 0.3) is 5.91 Å². The van der Waals surface area contributed by atoms with Crippen molar-refractivity contribution in [1.82, 2.24) is 10.6 Å². The van der Waals surface area contributed by atoms with Crippen molar-refractivity contribution in [2.45, 2.75) is 44.4 Å². The van der Waals surface area contributed by atoms with Crippen LogP contribution in [-0.4, -0.2) is 38.5 Å². The molecule has 1 saturated carbocycles. The molecule has 0 bridgehead atoms. The summed E-state index contributed by atoms with van der Waals surface area (Å²) in [5.74, 6) is 1.97. The maximum Gasteiger partial charge on any atom is 0.416 e. The van der Waals surface area contributed by atoms with Gasteiger partial charge in [0.2, 0.25) is 0 Å². The SMILES string of the molecule is COc1cc2c(cc1OC)C(NCC1CCC(NC(=O)c3cc(C(F)(F)F)ccc3Cl)CC1)=NC2. The van der Waals surface area contributed by atoms with Crippen molar-refractivity contribution >= 4 is 23.3 Å². The van der Waals surface area contributed by atoms with Gasteiger partial charge in [-0.25, -0.2) is 0 Å². The summed E-state index contributed by atoms with van der Waals surface area (Å²) in [6.07, 6.45) is -1.31. The number of amides is 1. The number of carbonyl (C=O) groups excluding carboxylic acids is 1. The van der Waals surface area contributed by atoms with E-state index in [9.17, 15) is 18.0 Å². The molecule has 1 heterocycles. The van der Waals surface area contributed by atoms with Gasteiger partial charge >= 0.3 is 6.18 Å². The van der Waals surface area contributed by atoms with E-state index < -0.39 is 17.6 Å². The smallest absolute Gasteiger partial charge is 0.416 e. The lowest BCUT2D eigenvalue weighted by Crippen LogP contribution is -2.40. The van der Waals surface area contributed by atoms with Crippen molar-refractivity contribution in [3.8, 4) is 11.5 Å². The third kappa shape index (κ3) is 5.66. The zero-order valence-electron chi connectivity index (χ0n) is 19.5. The first-order valence-electron chi connectivity index (χ1n) is 11.4. The summed E-state index contributed by atoms with van der Waals surface area (Å²) in [5, 5.41) is 6.30. The summed E-state index contributed by atoms with van der Waals surface area (Å²) < 4.78 is 49.8. The molecule has 188 valence electrons. The number of nitrogens with zero attached hydrogens (tertiary/aromatic N) is 1. The molecule has 2 aromatic carbocycles. The molecule has 1 fully saturated rings. The van der Waals surface area contributed by atoms with E-state index in [0.29, 0.717) is 24.0 Å². The van der Waals surface area contributed by atoms with Gasteiger partial charge in [-0.05, 0) is 67.5 Å². The second kappa shape index (κ2) is 10.4. The molecule has 0 saturated heterocycles. The van der Waals surface area contributed by atoms with Gasteiger partial charge in [0, 0.05) is 18.2 Å². The van der Waals surface area contributed by atoms with Crippen LogP contribution >= 0.6 is 11.6 Å². The molecule has 2 aliphatic rings. The van der Waals surface area contributed by atoms with Crippen molar-refractivity contribution in [2.75, 3.05) is 20.8 Å². The molecular weight excluding hydrogens is 483 g/mol. The van der Waals surface area contributed by atoms with Gasteiger partial charge < -0.3 is 20.1 Å². The van der Waals surface area contributed by atoms with Gasteiger partial charge in [0.1, 0.15) is 5.84 Å². The van der Waals surface area contributed by atoms with Gasteiger partial charge in [0.05, 0.1) is 36.9 Å². The zero-order chi connectivity index (χ0) is 25.2. The molecule has 0 atom stereocenters. The van der Waals surface area contributed by atoms with Crippen LogP contribution in [0.15, 0.2) is 35.3 Å². The van der Waals surface area contributed by atoms with Gasteiger partial charge in [-0.1, -0.05) is 11.6 Å². The number of rotatable bonds is 6. The molecule has 10 heteroatoms. The van der Waals surface area contributed by atoms with E-state index in [1.165, 1.54) is 0 Å². The minimum atomic E-state index is -4.54. The van der Waals surface area contributed by atoms with Crippen LogP contribution in [0.1, 0.15) is 52.7 Å². The highest BCUT2D eigenvalue weighted by molar-refractivity contribution is 6.33. The summed E-state index contributed by atoms with van der Waals surface area (Å²) >= 11 is 5.99. The first kappa shape index (κ1) is 25.2. The first-order valence-corrected chi connectivity index (χ1v) is 11.8. The molecule has 4 rings (SSSR count). The summed E-state index contributed by atoms with van der Waals surface area (Å²) in [6, 6.07) is 6.55. The number of carbonyl (C=O) groups is 1. The van der Waals surface area contributed by atoms with Crippen LogP contribution in [0.25, 0.3) is 0 Å². The minimum Gasteiger partial charge on any atom is -0.493 e. The Morgan fingerprint density at radius 2 is 1.77 bits per heavy atom. The fourth-order valence-electron chi connectivity index (χ4n) is 4.56. The third-order valence-corrected chi connectivity index (χ3v) is 6.88. The number of ether oxygens (including phenoxy) is 2. The second-order valence-electron chi connectivity index (χ2n) is 8.79. The molecular formula is C25H27ClF3N3O3. The highest BCUT2D eigenvalue weighted by Gasteiger charge is 2.32. The molecule has 2 aromatic rings. The Morgan fingerprint density at radius 3 is 2.43 bits per heavy atom. The van der Waals surface area contributed by atoms with E-state index in [1.807, 2.05) is 12.1 Å². The third-order valence-electron chi connectivity index (χ3n) is 6.55. The van der Waals surface area contributed by atoms with Gasteiger partial charge in [0.15, 0.2) is 11.5 Å². The maximum absolute atomic E-state index is 13.0. The monoisotopic (exact) mass is 509 g/mol. The summed E-state index contributed by atoms with van der Waals surface area (Å²) in [5.41, 5.74) is 1.02. The summed E-state index contributed by atoms with van der Waals surface area (Å²) in [6.45, 7) is 1.32. The van der Waals surface area contributed by atoms with Crippen LogP contribution in [0.2, 0.25) is 5.02 Å². The van der Waals surface area contributed by atoms with Crippen molar-refractivity contribution in [2.24, 2.45) is 10.9 Å². The number of alkyl halides is 3. The van der Waals surface area contributed by atoms with E-state index >= 15 is 0 Å². The van der Waals surface area contributed by atoms with Crippen LogP contribution < -0.4 is 20.1 Å². The number of hydrogen-bond acceptors (Lipinski definition) is 5. The van der Waals surface area contributed by atoms with Crippen molar-refractivity contribution in [3.05, 3.63) is 57.6 Å². The Morgan fingerprint density at radius 1 is 1.09 bits per heavy atom. The van der Waals surface area contributed by atoms with E-state index in [1.54, 1.807) is 14.2 Å².